The number of rotatable bonds is 7. The van der Waals surface area contributed by atoms with E-state index in [9.17, 15) is 9.59 Å². The Morgan fingerprint density at radius 1 is 1.21 bits per heavy atom. The van der Waals surface area contributed by atoms with Crippen molar-refractivity contribution in [2.24, 2.45) is 5.92 Å². The third-order valence-electron chi connectivity index (χ3n) is 3.97. The Hall–Kier alpha value is -0.900. The summed E-state index contributed by atoms with van der Waals surface area (Å²) in [6.45, 7) is 4.88. The van der Waals surface area contributed by atoms with Gasteiger partial charge in [-0.05, 0) is 32.7 Å². The van der Waals surface area contributed by atoms with Gasteiger partial charge in [-0.25, -0.2) is 0 Å². The molecule has 2 atom stereocenters. The summed E-state index contributed by atoms with van der Waals surface area (Å²) in [4.78, 5) is 25.2. The van der Waals surface area contributed by atoms with Gasteiger partial charge < -0.3 is 4.74 Å². The van der Waals surface area contributed by atoms with Crippen LogP contribution >= 0.6 is 0 Å². The summed E-state index contributed by atoms with van der Waals surface area (Å²) in [5.74, 6) is 0.523. The number of hydrogen-bond acceptors (Lipinski definition) is 4. The van der Waals surface area contributed by atoms with Crippen LogP contribution in [0.2, 0.25) is 0 Å². The molecule has 1 rings (SSSR count). The lowest BCUT2D eigenvalue weighted by Gasteiger charge is -2.35. The number of hydrogen-bond donors (Lipinski definition) is 0. The molecule has 0 saturated heterocycles. The highest BCUT2D eigenvalue weighted by Gasteiger charge is 2.25. The minimum atomic E-state index is -0.274. The van der Waals surface area contributed by atoms with E-state index in [4.69, 9.17) is 4.74 Å². The standard InChI is InChI=1S/C15H27NO3/c1-4-19-15(18)10-9-13(17)11-16(3)14-8-6-5-7-12(14)2/h12,14H,4-11H2,1-3H3. The molecular weight excluding hydrogens is 242 g/mol. The summed E-state index contributed by atoms with van der Waals surface area (Å²) >= 11 is 0. The monoisotopic (exact) mass is 269 g/mol. The van der Waals surface area contributed by atoms with Crippen LogP contribution in [-0.2, 0) is 14.3 Å². The van der Waals surface area contributed by atoms with E-state index in [0.29, 0.717) is 31.5 Å². The quantitative estimate of drug-likeness (QED) is 0.666. The van der Waals surface area contributed by atoms with Gasteiger partial charge in [-0.1, -0.05) is 19.8 Å². The molecule has 0 amide bonds. The zero-order valence-corrected chi connectivity index (χ0v) is 12.5. The van der Waals surface area contributed by atoms with Crippen LogP contribution in [-0.4, -0.2) is 42.9 Å². The summed E-state index contributed by atoms with van der Waals surface area (Å²) in [7, 11) is 2.02. The van der Waals surface area contributed by atoms with E-state index in [1.165, 1.54) is 25.7 Å². The molecule has 0 aromatic rings. The molecule has 1 aliphatic carbocycles. The maximum absolute atomic E-state index is 11.9. The molecule has 1 saturated carbocycles. The summed E-state index contributed by atoms with van der Waals surface area (Å²) in [5, 5.41) is 0. The SMILES string of the molecule is CCOC(=O)CCC(=O)CN(C)C1CCCCC1C. The summed E-state index contributed by atoms with van der Waals surface area (Å²) in [6, 6.07) is 0.514. The Labute approximate surface area is 116 Å². The molecule has 4 heteroatoms. The van der Waals surface area contributed by atoms with Crippen molar-refractivity contribution >= 4 is 11.8 Å². The third-order valence-corrected chi connectivity index (χ3v) is 3.97. The molecule has 4 nitrogen and oxygen atoms in total. The van der Waals surface area contributed by atoms with E-state index in [1.54, 1.807) is 6.92 Å². The van der Waals surface area contributed by atoms with Crippen LogP contribution in [0.3, 0.4) is 0 Å². The normalized spacial score (nSPS) is 23.4. The molecule has 0 N–H and O–H groups in total. The minimum Gasteiger partial charge on any atom is -0.466 e. The van der Waals surface area contributed by atoms with E-state index in [0.717, 1.165) is 0 Å². The molecule has 0 aliphatic heterocycles. The van der Waals surface area contributed by atoms with Gasteiger partial charge in [0, 0.05) is 12.5 Å². The third kappa shape index (κ3) is 5.72. The largest absolute Gasteiger partial charge is 0.466 e. The second kappa shape index (κ2) is 8.31. The smallest absolute Gasteiger partial charge is 0.306 e. The van der Waals surface area contributed by atoms with Crippen LogP contribution < -0.4 is 0 Å². The van der Waals surface area contributed by atoms with E-state index in [2.05, 4.69) is 11.8 Å². The van der Waals surface area contributed by atoms with Crippen molar-refractivity contribution in [3.8, 4) is 0 Å². The highest BCUT2D eigenvalue weighted by atomic mass is 16.5. The van der Waals surface area contributed by atoms with Crippen LogP contribution in [0.15, 0.2) is 0 Å². The van der Waals surface area contributed by atoms with Crippen LogP contribution in [0, 0.1) is 5.92 Å². The molecule has 110 valence electrons. The van der Waals surface area contributed by atoms with Crippen molar-refractivity contribution in [3.05, 3.63) is 0 Å². The van der Waals surface area contributed by atoms with Gasteiger partial charge in [0.05, 0.1) is 19.6 Å². The number of carbonyl (C=O) groups is 2. The lowest BCUT2D eigenvalue weighted by molar-refractivity contribution is -0.144. The number of Topliss-reactive ketones (excluding diaryl/α,β-unsaturated/α-hetero) is 1. The zero-order chi connectivity index (χ0) is 14.3. The van der Waals surface area contributed by atoms with Gasteiger partial charge in [0.15, 0.2) is 0 Å². The molecule has 0 radical (unpaired) electrons. The topological polar surface area (TPSA) is 46.6 Å². The molecule has 0 aromatic carbocycles. The number of likely N-dealkylation sites (N-methyl/N-ethyl adjacent to an activating group) is 1. The summed E-state index contributed by atoms with van der Waals surface area (Å²) in [5.41, 5.74) is 0. The summed E-state index contributed by atoms with van der Waals surface area (Å²) in [6.07, 6.45) is 5.51. The maximum Gasteiger partial charge on any atom is 0.306 e. The molecule has 19 heavy (non-hydrogen) atoms. The molecule has 2 unspecified atom stereocenters. The first kappa shape index (κ1) is 16.2. The second-order valence-corrected chi connectivity index (χ2v) is 5.59. The Morgan fingerprint density at radius 2 is 1.89 bits per heavy atom. The Kier molecular flexibility index (Phi) is 7.06. The molecule has 1 aliphatic rings. The van der Waals surface area contributed by atoms with Crippen LogP contribution in [0.25, 0.3) is 0 Å². The van der Waals surface area contributed by atoms with Gasteiger partial charge in [-0.15, -0.1) is 0 Å². The number of ketones is 1. The lowest BCUT2D eigenvalue weighted by Crippen LogP contribution is -2.41. The fourth-order valence-corrected chi connectivity index (χ4v) is 2.90. The predicted molar refractivity (Wildman–Crippen MR) is 74.9 cm³/mol. The molecule has 0 heterocycles. The highest BCUT2D eigenvalue weighted by Crippen LogP contribution is 2.27. The van der Waals surface area contributed by atoms with Crippen molar-refractivity contribution in [2.75, 3.05) is 20.2 Å². The minimum absolute atomic E-state index is 0.133. The van der Waals surface area contributed by atoms with Gasteiger partial charge in [0.25, 0.3) is 0 Å². The van der Waals surface area contributed by atoms with Gasteiger partial charge in [-0.2, -0.15) is 0 Å². The van der Waals surface area contributed by atoms with E-state index >= 15 is 0 Å². The number of ether oxygens (including phenoxy) is 1. The average molecular weight is 269 g/mol. The zero-order valence-electron chi connectivity index (χ0n) is 12.5. The van der Waals surface area contributed by atoms with Crippen LogP contribution in [0.1, 0.15) is 52.4 Å². The van der Waals surface area contributed by atoms with Crippen molar-refractivity contribution in [3.63, 3.8) is 0 Å². The average Bonchev–Trinajstić information content (AvgIpc) is 2.37. The summed E-state index contributed by atoms with van der Waals surface area (Å²) < 4.78 is 4.83. The highest BCUT2D eigenvalue weighted by molar-refractivity contribution is 5.84. The van der Waals surface area contributed by atoms with Crippen molar-refractivity contribution < 1.29 is 14.3 Å². The second-order valence-electron chi connectivity index (χ2n) is 5.59. The first-order valence-electron chi connectivity index (χ1n) is 7.42. The van der Waals surface area contributed by atoms with Crippen molar-refractivity contribution in [2.45, 2.75) is 58.4 Å². The van der Waals surface area contributed by atoms with E-state index < -0.39 is 0 Å². The van der Waals surface area contributed by atoms with Gasteiger partial charge >= 0.3 is 5.97 Å². The first-order valence-corrected chi connectivity index (χ1v) is 7.42. The fourth-order valence-electron chi connectivity index (χ4n) is 2.90. The Morgan fingerprint density at radius 3 is 2.53 bits per heavy atom. The van der Waals surface area contributed by atoms with E-state index in [-0.39, 0.29) is 18.2 Å². The van der Waals surface area contributed by atoms with Gasteiger partial charge in [-0.3, -0.25) is 14.5 Å². The molecule has 0 aromatic heterocycles. The molecule has 1 fully saturated rings. The number of nitrogens with zero attached hydrogens (tertiary/aromatic N) is 1. The number of carbonyl (C=O) groups excluding carboxylic acids is 2. The molecular formula is C15H27NO3. The Balaban J connectivity index is 2.28. The predicted octanol–water partition coefficient (Wildman–Crippen LogP) is 2.41. The van der Waals surface area contributed by atoms with Gasteiger partial charge in [0.1, 0.15) is 5.78 Å². The fraction of sp³-hybridized carbons (Fsp3) is 0.867. The Bertz CT molecular complexity index is 304. The molecule has 0 bridgehead atoms. The lowest BCUT2D eigenvalue weighted by atomic mass is 9.85. The van der Waals surface area contributed by atoms with Crippen LogP contribution in [0.4, 0.5) is 0 Å². The van der Waals surface area contributed by atoms with E-state index in [1.807, 2.05) is 7.05 Å². The van der Waals surface area contributed by atoms with Crippen molar-refractivity contribution in [1.29, 1.82) is 0 Å². The van der Waals surface area contributed by atoms with Gasteiger partial charge in [0.2, 0.25) is 0 Å². The number of esters is 1. The van der Waals surface area contributed by atoms with Crippen LogP contribution in [0.5, 0.6) is 0 Å². The maximum atomic E-state index is 11.9. The molecule has 0 spiro atoms. The van der Waals surface area contributed by atoms with Crippen molar-refractivity contribution in [1.82, 2.24) is 4.90 Å². The first-order chi connectivity index (χ1) is 9.04.